The SMILES string of the molecule is CCCC(C)C(O)CC=C[C@H]1[C@H](SCCO)CC(=O)[C@@H]1CCCCCCC(=O)O. The van der Waals surface area contributed by atoms with Gasteiger partial charge in [0.15, 0.2) is 0 Å². The number of carbonyl (C=O) groups excluding carboxylic acids is 1. The van der Waals surface area contributed by atoms with Crippen molar-refractivity contribution in [3.63, 3.8) is 0 Å². The van der Waals surface area contributed by atoms with Gasteiger partial charge in [0.25, 0.3) is 0 Å². The Labute approximate surface area is 180 Å². The lowest BCUT2D eigenvalue weighted by molar-refractivity contribution is -0.137. The number of carboxylic acid groups (broad SMARTS) is 1. The Morgan fingerprint density at radius 1 is 1.28 bits per heavy atom. The van der Waals surface area contributed by atoms with E-state index in [2.05, 4.69) is 19.9 Å². The van der Waals surface area contributed by atoms with Crippen molar-refractivity contribution in [2.75, 3.05) is 12.4 Å². The summed E-state index contributed by atoms with van der Waals surface area (Å²) in [4.78, 5) is 23.2. The molecule has 0 amide bonds. The second-order valence-electron chi connectivity index (χ2n) is 8.33. The summed E-state index contributed by atoms with van der Waals surface area (Å²) in [5.41, 5.74) is 0. The van der Waals surface area contributed by atoms with Crippen LogP contribution in [-0.4, -0.2) is 50.8 Å². The first kappa shape index (κ1) is 26.2. The summed E-state index contributed by atoms with van der Waals surface area (Å²) in [5.74, 6) is 0.635. The van der Waals surface area contributed by atoms with Gasteiger partial charge in [-0.3, -0.25) is 9.59 Å². The monoisotopic (exact) mass is 428 g/mol. The lowest BCUT2D eigenvalue weighted by Gasteiger charge is -2.21. The largest absolute Gasteiger partial charge is 0.481 e. The molecule has 0 aromatic heterocycles. The molecule has 1 aliphatic carbocycles. The molecular weight excluding hydrogens is 388 g/mol. The average molecular weight is 429 g/mol. The van der Waals surface area contributed by atoms with Crippen molar-refractivity contribution >= 4 is 23.5 Å². The summed E-state index contributed by atoms with van der Waals surface area (Å²) in [6.07, 6.45) is 11.6. The van der Waals surface area contributed by atoms with Crippen LogP contribution in [0.2, 0.25) is 0 Å². The zero-order valence-corrected chi connectivity index (χ0v) is 18.9. The number of hydrogen-bond donors (Lipinski definition) is 3. The molecule has 168 valence electrons. The minimum Gasteiger partial charge on any atom is -0.481 e. The number of aliphatic hydroxyl groups excluding tert-OH is 2. The number of carbonyl (C=O) groups is 2. The molecular formula is C23H40O5S. The Morgan fingerprint density at radius 3 is 2.66 bits per heavy atom. The second kappa shape index (κ2) is 15.0. The summed E-state index contributed by atoms with van der Waals surface area (Å²) < 4.78 is 0. The molecule has 5 nitrogen and oxygen atoms in total. The van der Waals surface area contributed by atoms with Gasteiger partial charge in [-0.1, -0.05) is 51.7 Å². The zero-order chi connectivity index (χ0) is 21.6. The molecule has 0 aromatic carbocycles. The van der Waals surface area contributed by atoms with Gasteiger partial charge in [0, 0.05) is 29.8 Å². The van der Waals surface area contributed by atoms with Crippen LogP contribution in [-0.2, 0) is 9.59 Å². The van der Waals surface area contributed by atoms with Crippen LogP contribution < -0.4 is 0 Å². The predicted molar refractivity (Wildman–Crippen MR) is 119 cm³/mol. The molecule has 0 aromatic rings. The quantitative estimate of drug-likeness (QED) is 0.248. The first-order valence-corrected chi connectivity index (χ1v) is 12.3. The molecule has 0 saturated heterocycles. The number of thioether (sulfide) groups is 1. The number of aliphatic hydroxyl groups is 2. The third-order valence-corrected chi connectivity index (χ3v) is 7.25. The van der Waals surface area contributed by atoms with Gasteiger partial charge in [0.05, 0.1) is 12.7 Å². The number of Topliss-reactive ketones (excluding diaryl/α,β-unsaturated/α-hetero) is 1. The maximum Gasteiger partial charge on any atom is 0.303 e. The van der Waals surface area contributed by atoms with E-state index in [0.29, 0.717) is 30.8 Å². The molecule has 0 radical (unpaired) electrons. The average Bonchev–Trinajstić information content (AvgIpc) is 2.97. The molecule has 0 bridgehead atoms. The number of aliphatic carboxylic acids is 1. The van der Waals surface area contributed by atoms with E-state index in [1.807, 2.05) is 6.08 Å². The van der Waals surface area contributed by atoms with Crippen molar-refractivity contribution in [2.45, 2.75) is 89.4 Å². The summed E-state index contributed by atoms with van der Waals surface area (Å²) in [6, 6.07) is 0. The molecule has 0 heterocycles. The maximum absolute atomic E-state index is 12.6. The van der Waals surface area contributed by atoms with Crippen LogP contribution in [0.25, 0.3) is 0 Å². The first-order chi connectivity index (χ1) is 13.9. The van der Waals surface area contributed by atoms with Gasteiger partial charge in [-0.15, -0.1) is 0 Å². The number of rotatable bonds is 16. The second-order valence-corrected chi connectivity index (χ2v) is 9.68. The number of allylic oxidation sites excluding steroid dienone is 1. The van der Waals surface area contributed by atoms with E-state index in [0.717, 1.165) is 38.5 Å². The Kier molecular flexibility index (Phi) is 13.6. The molecule has 0 spiro atoms. The highest BCUT2D eigenvalue weighted by molar-refractivity contribution is 8.00. The number of unbranched alkanes of at least 4 members (excludes halogenated alkanes) is 3. The van der Waals surface area contributed by atoms with Crippen LogP contribution in [0.1, 0.15) is 78.1 Å². The molecule has 3 N–H and O–H groups in total. The summed E-state index contributed by atoms with van der Waals surface area (Å²) in [6.45, 7) is 4.32. The molecule has 1 saturated carbocycles. The highest BCUT2D eigenvalue weighted by Crippen LogP contribution is 2.40. The molecule has 0 aliphatic heterocycles. The van der Waals surface area contributed by atoms with Crippen LogP contribution >= 0.6 is 11.8 Å². The molecule has 2 unspecified atom stereocenters. The van der Waals surface area contributed by atoms with E-state index in [4.69, 9.17) is 10.2 Å². The molecule has 29 heavy (non-hydrogen) atoms. The minimum absolute atomic E-state index is 0.00660. The fourth-order valence-corrected chi connectivity index (χ4v) is 5.39. The van der Waals surface area contributed by atoms with E-state index in [1.54, 1.807) is 11.8 Å². The van der Waals surface area contributed by atoms with Gasteiger partial charge in [-0.05, 0) is 37.5 Å². The fraction of sp³-hybridized carbons (Fsp3) is 0.826. The topological polar surface area (TPSA) is 94.8 Å². The summed E-state index contributed by atoms with van der Waals surface area (Å²) >= 11 is 1.67. The Morgan fingerprint density at radius 2 is 2.00 bits per heavy atom. The lowest BCUT2D eigenvalue weighted by atomic mass is 9.88. The maximum atomic E-state index is 12.6. The van der Waals surface area contributed by atoms with Crippen molar-refractivity contribution < 1.29 is 24.9 Å². The van der Waals surface area contributed by atoms with Gasteiger partial charge < -0.3 is 15.3 Å². The van der Waals surface area contributed by atoms with Gasteiger partial charge in [-0.2, -0.15) is 11.8 Å². The van der Waals surface area contributed by atoms with Crippen LogP contribution in [0.4, 0.5) is 0 Å². The van der Waals surface area contributed by atoms with Gasteiger partial charge in [-0.25, -0.2) is 0 Å². The van der Waals surface area contributed by atoms with Crippen molar-refractivity contribution in [2.24, 2.45) is 17.8 Å². The highest BCUT2D eigenvalue weighted by atomic mass is 32.2. The Hall–Kier alpha value is -0.850. The smallest absolute Gasteiger partial charge is 0.303 e. The first-order valence-electron chi connectivity index (χ1n) is 11.2. The number of ketones is 1. The van der Waals surface area contributed by atoms with E-state index in [9.17, 15) is 14.7 Å². The van der Waals surface area contributed by atoms with Crippen molar-refractivity contribution in [3.8, 4) is 0 Å². The van der Waals surface area contributed by atoms with Gasteiger partial charge in [0.2, 0.25) is 0 Å². The van der Waals surface area contributed by atoms with Crippen molar-refractivity contribution in [1.82, 2.24) is 0 Å². The third-order valence-electron chi connectivity index (χ3n) is 5.93. The highest BCUT2D eigenvalue weighted by Gasteiger charge is 2.40. The molecule has 5 atom stereocenters. The van der Waals surface area contributed by atoms with Gasteiger partial charge in [0.1, 0.15) is 5.78 Å². The Bertz CT molecular complexity index is 507. The zero-order valence-electron chi connectivity index (χ0n) is 18.1. The van der Waals surface area contributed by atoms with Crippen LogP contribution in [0.15, 0.2) is 12.2 Å². The van der Waals surface area contributed by atoms with E-state index >= 15 is 0 Å². The third kappa shape index (κ3) is 10.1. The molecule has 1 rings (SSSR count). The fourth-order valence-electron chi connectivity index (χ4n) is 4.19. The summed E-state index contributed by atoms with van der Waals surface area (Å²) in [7, 11) is 0. The van der Waals surface area contributed by atoms with Crippen molar-refractivity contribution in [1.29, 1.82) is 0 Å². The van der Waals surface area contributed by atoms with E-state index in [1.165, 1.54) is 0 Å². The summed E-state index contributed by atoms with van der Waals surface area (Å²) in [5, 5.41) is 28.4. The Balaban J connectivity index is 2.60. The van der Waals surface area contributed by atoms with Crippen LogP contribution in [0.3, 0.4) is 0 Å². The molecule has 6 heteroatoms. The minimum atomic E-state index is -0.750. The normalized spacial score (nSPS) is 24.3. The lowest BCUT2D eigenvalue weighted by Crippen LogP contribution is -2.19. The standard InChI is InChI=1S/C23H40O5S/c1-3-9-17(2)20(25)12-8-11-19-18(10-6-4-5-7-13-23(27)28)21(26)16-22(19)29-15-14-24/h8,11,17-20,22,24-25H,3-7,9-10,12-16H2,1-2H3,(H,27,28)/t17?,18-,19-,20?,22-/m1/s1. The van der Waals surface area contributed by atoms with E-state index in [-0.39, 0.29) is 42.1 Å². The number of hydrogen-bond acceptors (Lipinski definition) is 5. The van der Waals surface area contributed by atoms with E-state index < -0.39 is 5.97 Å². The van der Waals surface area contributed by atoms with Crippen LogP contribution in [0.5, 0.6) is 0 Å². The number of carboxylic acids is 1. The van der Waals surface area contributed by atoms with Crippen LogP contribution in [0, 0.1) is 17.8 Å². The molecule has 1 aliphatic rings. The van der Waals surface area contributed by atoms with Crippen molar-refractivity contribution in [3.05, 3.63) is 12.2 Å². The molecule has 1 fully saturated rings. The van der Waals surface area contributed by atoms with Gasteiger partial charge >= 0.3 is 5.97 Å². The predicted octanol–water partition coefficient (Wildman–Crippen LogP) is 4.45.